The molecule has 1 aliphatic heterocycles. The maximum atomic E-state index is 11.8. The lowest BCUT2D eigenvalue weighted by Crippen LogP contribution is -2.15. The van der Waals surface area contributed by atoms with E-state index >= 15 is 0 Å². The summed E-state index contributed by atoms with van der Waals surface area (Å²) in [7, 11) is 1.39. The number of ether oxygens (including phenoxy) is 1. The Hall–Kier alpha value is -0.820. The first-order valence-corrected chi connectivity index (χ1v) is 9.20. The summed E-state index contributed by atoms with van der Waals surface area (Å²) >= 11 is 5.94. The number of halogens is 2. The van der Waals surface area contributed by atoms with Crippen LogP contribution in [0.5, 0.6) is 0 Å². The van der Waals surface area contributed by atoms with Crippen LogP contribution < -0.4 is 5.32 Å². The molecule has 116 valence electrons. The Morgan fingerprint density at radius 1 is 1.43 bits per heavy atom. The van der Waals surface area contributed by atoms with Crippen molar-refractivity contribution in [1.82, 2.24) is 0 Å². The van der Waals surface area contributed by atoms with E-state index in [0.29, 0.717) is 18.5 Å². The summed E-state index contributed by atoms with van der Waals surface area (Å²) in [6.45, 7) is 0.756. The summed E-state index contributed by atoms with van der Waals surface area (Å²) in [6, 6.07) is 3.92. The van der Waals surface area contributed by atoms with Gasteiger partial charge in [0.15, 0.2) is 0 Å². The molecule has 0 spiro atoms. The third-order valence-electron chi connectivity index (χ3n) is 3.21. The first-order chi connectivity index (χ1) is 9.86. The monoisotopic (exact) mass is 351 g/mol. The van der Waals surface area contributed by atoms with Gasteiger partial charge in [-0.3, -0.25) is 4.79 Å². The molecule has 1 heterocycles. The molecule has 0 radical (unpaired) electrons. The summed E-state index contributed by atoms with van der Waals surface area (Å²) < 4.78 is 27.8. The van der Waals surface area contributed by atoms with Crippen LogP contribution in [0.25, 0.3) is 0 Å². The quantitative estimate of drug-likeness (QED) is 0.827. The Labute approximate surface area is 133 Å². The smallest absolute Gasteiger partial charge is 0.261 e. The van der Waals surface area contributed by atoms with Crippen molar-refractivity contribution in [3.63, 3.8) is 0 Å². The number of carbonyl (C=O) groups excluding carboxylic acids is 1. The second-order valence-corrected chi connectivity index (χ2v) is 7.77. The van der Waals surface area contributed by atoms with Gasteiger partial charge in [0.2, 0.25) is 5.91 Å². The Morgan fingerprint density at radius 2 is 2.19 bits per heavy atom. The van der Waals surface area contributed by atoms with E-state index < -0.39 is 9.05 Å². The molecule has 1 saturated heterocycles. The van der Waals surface area contributed by atoms with Crippen LogP contribution in [-0.4, -0.2) is 27.0 Å². The molecule has 1 aliphatic rings. The van der Waals surface area contributed by atoms with Gasteiger partial charge in [0.25, 0.3) is 9.05 Å². The first kappa shape index (κ1) is 16.5. The molecule has 5 nitrogen and oxygen atoms in total. The van der Waals surface area contributed by atoms with Crippen LogP contribution in [0.3, 0.4) is 0 Å². The van der Waals surface area contributed by atoms with Crippen molar-refractivity contribution in [3.05, 3.63) is 23.2 Å². The number of hydrogen-bond acceptors (Lipinski definition) is 4. The minimum Gasteiger partial charge on any atom is -0.378 e. The first-order valence-electron chi connectivity index (χ1n) is 6.52. The van der Waals surface area contributed by atoms with E-state index in [0.717, 1.165) is 19.4 Å². The minimum absolute atomic E-state index is 0.105. The number of amides is 1. The number of benzene rings is 1. The van der Waals surface area contributed by atoms with Gasteiger partial charge in [0.1, 0.15) is 0 Å². The Morgan fingerprint density at radius 3 is 2.76 bits per heavy atom. The molecule has 1 aromatic rings. The van der Waals surface area contributed by atoms with Crippen LogP contribution in [0.2, 0.25) is 5.02 Å². The molecule has 0 aliphatic carbocycles. The SMILES string of the molecule is O=C(CCC1CCCO1)Nc1ccc(S(=O)(=O)Cl)cc1Cl. The zero-order chi connectivity index (χ0) is 15.5. The van der Waals surface area contributed by atoms with E-state index in [4.69, 9.17) is 27.0 Å². The fourth-order valence-corrected chi connectivity index (χ4v) is 3.20. The lowest BCUT2D eigenvalue weighted by Gasteiger charge is -2.10. The third kappa shape index (κ3) is 4.85. The lowest BCUT2D eigenvalue weighted by atomic mass is 10.1. The van der Waals surface area contributed by atoms with Crippen molar-refractivity contribution in [3.8, 4) is 0 Å². The van der Waals surface area contributed by atoms with Gasteiger partial charge in [0, 0.05) is 23.7 Å². The van der Waals surface area contributed by atoms with Crippen LogP contribution in [-0.2, 0) is 18.6 Å². The molecule has 0 aromatic heterocycles. The Balaban J connectivity index is 1.94. The highest BCUT2D eigenvalue weighted by Crippen LogP contribution is 2.27. The summed E-state index contributed by atoms with van der Waals surface area (Å²) in [5.74, 6) is -0.186. The molecule has 1 unspecified atom stereocenters. The molecule has 0 saturated carbocycles. The van der Waals surface area contributed by atoms with Gasteiger partial charge in [-0.1, -0.05) is 11.6 Å². The lowest BCUT2D eigenvalue weighted by molar-refractivity contribution is -0.116. The number of rotatable bonds is 5. The highest BCUT2D eigenvalue weighted by molar-refractivity contribution is 8.13. The maximum absolute atomic E-state index is 11.8. The van der Waals surface area contributed by atoms with Crippen molar-refractivity contribution in [2.45, 2.75) is 36.7 Å². The molecule has 0 bridgehead atoms. The summed E-state index contributed by atoms with van der Waals surface area (Å²) in [6.07, 6.45) is 3.16. The van der Waals surface area contributed by atoms with Crippen LogP contribution in [0, 0.1) is 0 Å². The average molecular weight is 352 g/mol. The maximum Gasteiger partial charge on any atom is 0.261 e. The molecule has 8 heteroatoms. The standard InChI is InChI=1S/C13H15Cl2NO4S/c14-11-8-10(21(15,18)19)4-5-12(11)16-13(17)6-3-9-2-1-7-20-9/h4-5,8-9H,1-3,6-7H2,(H,16,17). The van der Waals surface area contributed by atoms with Crippen LogP contribution >= 0.6 is 22.3 Å². The number of nitrogens with one attached hydrogen (secondary N) is 1. The molecule has 1 aromatic carbocycles. The van der Waals surface area contributed by atoms with Crippen molar-refractivity contribution >= 4 is 42.9 Å². The molecule has 21 heavy (non-hydrogen) atoms. The van der Waals surface area contributed by atoms with E-state index in [2.05, 4.69) is 5.32 Å². The van der Waals surface area contributed by atoms with Gasteiger partial charge in [-0.2, -0.15) is 0 Å². The van der Waals surface area contributed by atoms with E-state index in [1.807, 2.05) is 0 Å². The highest BCUT2D eigenvalue weighted by atomic mass is 35.7. The number of anilines is 1. The van der Waals surface area contributed by atoms with Gasteiger partial charge in [-0.25, -0.2) is 8.42 Å². The third-order valence-corrected chi connectivity index (χ3v) is 4.88. The van der Waals surface area contributed by atoms with Crippen molar-refractivity contribution in [2.75, 3.05) is 11.9 Å². The number of carbonyl (C=O) groups is 1. The molecular formula is C13H15Cl2NO4S. The van der Waals surface area contributed by atoms with Gasteiger partial charge in [-0.05, 0) is 37.5 Å². The summed E-state index contributed by atoms with van der Waals surface area (Å²) in [5.41, 5.74) is 0.359. The fraction of sp³-hybridized carbons (Fsp3) is 0.462. The second kappa shape index (κ2) is 6.96. The predicted molar refractivity (Wildman–Crippen MR) is 81.3 cm³/mol. The highest BCUT2D eigenvalue weighted by Gasteiger charge is 2.17. The number of hydrogen-bond donors (Lipinski definition) is 1. The van der Waals surface area contributed by atoms with E-state index in [9.17, 15) is 13.2 Å². The van der Waals surface area contributed by atoms with Crippen LogP contribution in [0.15, 0.2) is 23.1 Å². The summed E-state index contributed by atoms with van der Waals surface area (Å²) in [4.78, 5) is 11.7. The molecule has 1 fully saturated rings. The van der Waals surface area contributed by atoms with Gasteiger partial charge >= 0.3 is 0 Å². The van der Waals surface area contributed by atoms with E-state index in [1.54, 1.807) is 0 Å². The molecule has 1 atom stereocenters. The predicted octanol–water partition coefficient (Wildman–Crippen LogP) is 3.17. The minimum atomic E-state index is -3.83. The van der Waals surface area contributed by atoms with E-state index in [1.165, 1.54) is 18.2 Å². The zero-order valence-corrected chi connectivity index (χ0v) is 13.5. The van der Waals surface area contributed by atoms with Crippen molar-refractivity contribution in [2.24, 2.45) is 0 Å². The topological polar surface area (TPSA) is 72.5 Å². The second-order valence-electron chi connectivity index (χ2n) is 4.80. The van der Waals surface area contributed by atoms with Gasteiger partial charge < -0.3 is 10.1 Å². The fourth-order valence-electron chi connectivity index (χ4n) is 2.13. The van der Waals surface area contributed by atoms with Crippen LogP contribution in [0.4, 0.5) is 5.69 Å². The Bertz CT molecular complexity index is 627. The molecule has 1 N–H and O–H groups in total. The summed E-state index contributed by atoms with van der Waals surface area (Å²) in [5, 5.41) is 2.78. The van der Waals surface area contributed by atoms with E-state index in [-0.39, 0.29) is 21.9 Å². The molecule has 2 rings (SSSR count). The average Bonchev–Trinajstić information content (AvgIpc) is 2.91. The Kier molecular flexibility index (Phi) is 5.48. The van der Waals surface area contributed by atoms with Crippen LogP contribution in [0.1, 0.15) is 25.7 Å². The van der Waals surface area contributed by atoms with Gasteiger partial charge in [-0.15, -0.1) is 0 Å². The normalized spacial score (nSPS) is 18.7. The zero-order valence-electron chi connectivity index (χ0n) is 11.1. The molecular weight excluding hydrogens is 337 g/mol. The largest absolute Gasteiger partial charge is 0.378 e. The van der Waals surface area contributed by atoms with Crippen molar-refractivity contribution in [1.29, 1.82) is 0 Å². The molecule has 1 amide bonds. The van der Waals surface area contributed by atoms with Gasteiger partial charge in [0.05, 0.1) is 21.7 Å². The van der Waals surface area contributed by atoms with Crippen molar-refractivity contribution < 1.29 is 17.9 Å².